The second-order valence-electron chi connectivity index (χ2n) is 3.06. The molecule has 0 saturated carbocycles. The zero-order valence-corrected chi connectivity index (χ0v) is 7.43. The van der Waals surface area contributed by atoms with Gasteiger partial charge in [-0.25, -0.2) is 4.79 Å². The molecular formula is C7H13N3O3. The summed E-state index contributed by atoms with van der Waals surface area (Å²) in [7, 11) is 1.43. The smallest absolute Gasteiger partial charge is 0.327 e. The average Bonchev–Trinajstić information content (AvgIpc) is 2.34. The van der Waals surface area contributed by atoms with Gasteiger partial charge in [-0.1, -0.05) is 0 Å². The molecule has 1 fully saturated rings. The Hall–Kier alpha value is -1.14. The summed E-state index contributed by atoms with van der Waals surface area (Å²) in [5, 5.41) is 8.65. The Balaban J connectivity index is 2.54. The normalized spacial score (nSPS) is 19.9. The summed E-state index contributed by atoms with van der Waals surface area (Å²) in [6, 6.07) is -0.836. The van der Waals surface area contributed by atoms with Crippen molar-refractivity contribution >= 4 is 11.9 Å². The molecule has 6 nitrogen and oxygen atoms in total. The summed E-state index contributed by atoms with van der Waals surface area (Å²) in [4.78, 5) is 24.7. The minimum atomic E-state index is -0.483. The molecule has 0 radical (unpaired) electrons. The van der Waals surface area contributed by atoms with Gasteiger partial charge in [0, 0.05) is 19.6 Å². The van der Waals surface area contributed by atoms with Gasteiger partial charge < -0.3 is 15.7 Å². The van der Waals surface area contributed by atoms with Crippen molar-refractivity contribution in [1.82, 2.24) is 9.80 Å². The molecule has 0 aromatic rings. The first-order valence-corrected chi connectivity index (χ1v) is 3.98. The van der Waals surface area contributed by atoms with Crippen LogP contribution in [0.3, 0.4) is 0 Å². The Labute approximate surface area is 75.9 Å². The van der Waals surface area contributed by atoms with Gasteiger partial charge in [0.05, 0.1) is 6.61 Å². The first kappa shape index (κ1) is 9.94. The monoisotopic (exact) mass is 187 g/mol. The lowest BCUT2D eigenvalue weighted by atomic mass is 10.3. The second-order valence-corrected chi connectivity index (χ2v) is 3.06. The molecular weight excluding hydrogens is 174 g/mol. The van der Waals surface area contributed by atoms with E-state index < -0.39 is 6.04 Å². The minimum Gasteiger partial charge on any atom is -0.395 e. The Morgan fingerprint density at radius 2 is 2.23 bits per heavy atom. The molecule has 1 rings (SSSR count). The molecule has 0 spiro atoms. The summed E-state index contributed by atoms with van der Waals surface area (Å²) >= 11 is 0. The largest absolute Gasteiger partial charge is 0.395 e. The number of hydrogen-bond donors (Lipinski definition) is 2. The van der Waals surface area contributed by atoms with Crippen LogP contribution >= 0.6 is 0 Å². The number of nitrogens with two attached hydrogens (primary N) is 1. The highest BCUT2D eigenvalue weighted by molar-refractivity contribution is 6.01. The maximum Gasteiger partial charge on any atom is 0.327 e. The van der Waals surface area contributed by atoms with E-state index in [0.29, 0.717) is 0 Å². The molecule has 0 aliphatic carbocycles. The van der Waals surface area contributed by atoms with Crippen LogP contribution in [-0.4, -0.2) is 59.6 Å². The third-order valence-electron chi connectivity index (χ3n) is 1.95. The van der Waals surface area contributed by atoms with Crippen LogP contribution in [-0.2, 0) is 4.79 Å². The second kappa shape index (κ2) is 3.71. The van der Waals surface area contributed by atoms with Gasteiger partial charge in [0.25, 0.3) is 0 Å². The average molecular weight is 187 g/mol. The fourth-order valence-corrected chi connectivity index (χ4v) is 1.14. The summed E-state index contributed by atoms with van der Waals surface area (Å²) in [6.07, 6.45) is 0. The van der Waals surface area contributed by atoms with E-state index in [-0.39, 0.29) is 31.6 Å². The van der Waals surface area contributed by atoms with Crippen LogP contribution in [0.15, 0.2) is 0 Å². The topological polar surface area (TPSA) is 86.9 Å². The van der Waals surface area contributed by atoms with Crippen molar-refractivity contribution in [2.45, 2.75) is 6.04 Å². The number of imide groups is 1. The third-order valence-corrected chi connectivity index (χ3v) is 1.95. The zero-order chi connectivity index (χ0) is 10.0. The molecule has 0 aromatic heterocycles. The molecule has 0 bridgehead atoms. The molecule has 3 N–H and O–H groups in total. The maximum absolute atomic E-state index is 11.3. The van der Waals surface area contributed by atoms with Crippen molar-refractivity contribution < 1.29 is 14.7 Å². The van der Waals surface area contributed by atoms with E-state index in [4.69, 9.17) is 10.8 Å². The number of aliphatic hydroxyl groups excluding tert-OH is 1. The van der Waals surface area contributed by atoms with Crippen LogP contribution in [0.1, 0.15) is 0 Å². The van der Waals surface area contributed by atoms with Crippen LogP contribution in [0.5, 0.6) is 0 Å². The van der Waals surface area contributed by atoms with Crippen molar-refractivity contribution in [1.29, 1.82) is 0 Å². The molecule has 1 aliphatic rings. The Morgan fingerprint density at radius 3 is 2.62 bits per heavy atom. The highest BCUT2D eigenvalue weighted by Crippen LogP contribution is 2.07. The number of likely N-dealkylation sites (N-methyl/N-ethyl adjacent to an activating group) is 1. The van der Waals surface area contributed by atoms with Crippen LogP contribution < -0.4 is 5.73 Å². The Morgan fingerprint density at radius 1 is 1.62 bits per heavy atom. The number of amides is 3. The molecule has 1 atom stereocenters. The molecule has 0 aromatic carbocycles. The van der Waals surface area contributed by atoms with E-state index in [1.54, 1.807) is 0 Å². The van der Waals surface area contributed by atoms with Crippen LogP contribution in [0.2, 0.25) is 0 Å². The molecule has 13 heavy (non-hydrogen) atoms. The molecule has 1 unspecified atom stereocenters. The molecule has 6 heteroatoms. The molecule has 1 saturated heterocycles. The molecule has 1 heterocycles. The van der Waals surface area contributed by atoms with E-state index in [0.717, 1.165) is 4.90 Å². The van der Waals surface area contributed by atoms with Crippen LogP contribution in [0.25, 0.3) is 0 Å². The highest BCUT2D eigenvalue weighted by atomic mass is 16.3. The first-order chi connectivity index (χ1) is 6.06. The van der Waals surface area contributed by atoms with Gasteiger partial charge in [0.15, 0.2) is 0 Å². The molecule has 74 valence electrons. The number of aliphatic hydroxyl groups is 1. The summed E-state index contributed by atoms with van der Waals surface area (Å²) in [5.41, 5.74) is 5.43. The number of urea groups is 1. The third kappa shape index (κ3) is 1.96. The van der Waals surface area contributed by atoms with Crippen molar-refractivity contribution in [3.8, 4) is 0 Å². The summed E-state index contributed by atoms with van der Waals surface area (Å²) < 4.78 is 0. The van der Waals surface area contributed by atoms with Crippen molar-refractivity contribution in [3.63, 3.8) is 0 Å². The quantitative estimate of drug-likeness (QED) is 0.510. The standard InChI is InChI=1S/C7H13N3O3/c1-9-6(12)3-10(7(9)13)2-5(8)4-11/h5,11H,2-4,8H2,1H3. The van der Waals surface area contributed by atoms with E-state index in [2.05, 4.69) is 0 Å². The van der Waals surface area contributed by atoms with Crippen molar-refractivity contribution in [2.75, 3.05) is 26.7 Å². The maximum atomic E-state index is 11.3. The van der Waals surface area contributed by atoms with Gasteiger partial charge in [-0.2, -0.15) is 0 Å². The summed E-state index contributed by atoms with van der Waals surface area (Å²) in [5.74, 6) is -0.241. The minimum absolute atomic E-state index is 0.0586. The Kier molecular flexibility index (Phi) is 2.84. The number of hydrogen-bond acceptors (Lipinski definition) is 4. The molecule has 3 amide bonds. The van der Waals surface area contributed by atoms with E-state index in [1.807, 2.05) is 0 Å². The van der Waals surface area contributed by atoms with Gasteiger partial charge >= 0.3 is 6.03 Å². The fourth-order valence-electron chi connectivity index (χ4n) is 1.14. The van der Waals surface area contributed by atoms with E-state index in [1.165, 1.54) is 11.9 Å². The predicted octanol–water partition coefficient (Wildman–Crippen LogP) is -1.80. The SMILES string of the molecule is CN1C(=O)CN(CC(N)CO)C1=O. The number of nitrogens with zero attached hydrogens (tertiary/aromatic N) is 2. The lowest BCUT2D eigenvalue weighted by molar-refractivity contribution is -0.124. The lowest BCUT2D eigenvalue weighted by Gasteiger charge is -2.17. The van der Waals surface area contributed by atoms with E-state index >= 15 is 0 Å². The van der Waals surface area contributed by atoms with Gasteiger partial charge in [-0.15, -0.1) is 0 Å². The summed E-state index contributed by atoms with van der Waals surface area (Å²) in [6.45, 7) is 0.0795. The van der Waals surface area contributed by atoms with Crippen LogP contribution in [0, 0.1) is 0 Å². The number of rotatable bonds is 3. The first-order valence-electron chi connectivity index (χ1n) is 3.98. The highest BCUT2D eigenvalue weighted by Gasteiger charge is 2.33. The van der Waals surface area contributed by atoms with Gasteiger partial charge in [0.1, 0.15) is 6.54 Å². The Bertz CT molecular complexity index is 231. The van der Waals surface area contributed by atoms with Crippen molar-refractivity contribution in [2.24, 2.45) is 5.73 Å². The van der Waals surface area contributed by atoms with E-state index in [9.17, 15) is 9.59 Å². The van der Waals surface area contributed by atoms with Gasteiger partial charge in [0.2, 0.25) is 5.91 Å². The van der Waals surface area contributed by atoms with Gasteiger partial charge in [-0.05, 0) is 0 Å². The van der Waals surface area contributed by atoms with Crippen molar-refractivity contribution in [3.05, 3.63) is 0 Å². The lowest BCUT2D eigenvalue weighted by Crippen LogP contribution is -2.41. The predicted molar refractivity (Wildman–Crippen MR) is 44.8 cm³/mol. The fraction of sp³-hybridized carbons (Fsp3) is 0.714. The zero-order valence-electron chi connectivity index (χ0n) is 7.43. The van der Waals surface area contributed by atoms with Gasteiger partial charge in [-0.3, -0.25) is 9.69 Å². The van der Waals surface area contributed by atoms with Crippen LogP contribution in [0.4, 0.5) is 4.79 Å². The molecule has 1 aliphatic heterocycles. The number of carbonyl (C=O) groups is 2. The number of carbonyl (C=O) groups excluding carboxylic acids is 2.